The van der Waals surface area contributed by atoms with Crippen LogP contribution < -0.4 is 11.1 Å². The fourth-order valence-electron chi connectivity index (χ4n) is 3.38. The Morgan fingerprint density at radius 2 is 1.77 bits per heavy atom. The van der Waals surface area contributed by atoms with Crippen LogP contribution in [0.5, 0.6) is 0 Å². The van der Waals surface area contributed by atoms with Crippen LogP contribution in [-0.4, -0.2) is 23.9 Å². The number of nitrogens with one attached hydrogen (secondary N) is 1. The number of halogens is 1. The first-order valence-corrected chi connectivity index (χ1v) is 9.05. The van der Waals surface area contributed by atoms with Crippen molar-refractivity contribution in [3.63, 3.8) is 0 Å². The Bertz CT molecular complexity index is 700. The van der Waals surface area contributed by atoms with Crippen LogP contribution in [0.1, 0.15) is 41.3 Å². The molecule has 2 aromatic carbocycles. The van der Waals surface area contributed by atoms with Crippen LogP contribution in [-0.2, 0) is 13.1 Å². The number of anilines is 1. The number of likely N-dealkylation sites (tertiary alicyclic amines) is 1. The standard InChI is InChI=1S/C21H27N3O.ClH/c1-16-3-2-12-24(14-16)15-18-6-10-20(11-7-18)23-21(25)19-8-4-17(13-22)5-9-19;/h4-11,16H,2-3,12-15,22H2,1H3,(H,23,25);1H. The number of carbonyl (C=O) groups is 1. The highest BCUT2D eigenvalue weighted by atomic mass is 35.5. The van der Waals surface area contributed by atoms with Gasteiger partial charge in [0, 0.05) is 30.9 Å². The van der Waals surface area contributed by atoms with Gasteiger partial charge in [0.15, 0.2) is 0 Å². The minimum atomic E-state index is -0.0961. The molecule has 1 aliphatic rings. The zero-order valence-electron chi connectivity index (χ0n) is 15.3. The molecule has 0 aromatic heterocycles. The highest BCUT2D eigenvalue weighted by Gasteiger charge is 2.16. The fraction of sp³-hybridized carbons (Fsp3) is 0.381. The van der Waals surface area contributed by atoms with Crippen molar-refractivity contribution < 1.29 is 4.79 Å². The van der Waals surface area contributed by atoms with Crippen LogP contribution in [0.15, 0.2) is 48.5 Å². The van der Waals surface area contributed by atoms with Crippen LogP contribution in [0.25, 0.3) is 0 Å². The molecule has 0 bridgehead atoms. The lowest BCUT2D eigenvalue weighted by molar-refractivity contribution is 0.102. The van der Waals surface area contributed by atoms with Crippen LogP contribution in [0.3, 0.4) is 0 Å². The Balaban J connectivity index is 0.00000243. The van der Waals surface area contributed by atoms with E-state index in [0.29, 0.717) is 12.1 Å². The van der Waals surface area contributed by atoms with E-state index in [1.54, 1.807) is 0 Å². The van der Waals surface area contributed by atoms with Gasteiger partial charge in [0.2, 0.25) is 0 Å². The summed E-state index contributed by atoms with van der Waals surface area (Å²) in [6.45, 7) is 6.15. The molecular weight excluding hydrogens is 346 g/mol. The summed E-state index contributed by atoms with van der Waals surface area (Å²) in [5.74, 6) is 0.694. The van der Waals surface area contributed by atoms with E-state index in [-0.39, 0.29) is 18.3 Å². The lowest BCUT2D eigenvalue weighted by Gasteiger charge is -2.30. The molecule has 140 valence electrons. The van der Waals surface area contributed by atoms with E-state index in [0.717, 1.165) is 23.7 Å². The second-order valence-corrected chi connectivity index (χ2v) is 7.03. The molecule has 1 heterocycles. The third-order valence-electron chi connectivity index (χ3n) is 4.81. The third kappa shape index (κ3) is 5.56. The summed E-state index contributed by atoms with van der Waals surface area (Å²) in [4.78, 5) is 14.8. The van der Waals surface area contributed by atoms with Crippen molar-refractivity contribution in [2.75, 3.05) is 18.4 Å². The number of hydrogen-bond acceptors (Lipinski definition) is 3. The molecule has 2 aromatic rings. The van der Waals surface area contributed by atoms with Gasteiger partial charge < -0.3 is 11.1 Å². The van der Waals surface area contributed by atoms with Gasteiger partial charge in [-0.1, -0.05) is 31.2 Å². The van der Waals surface area contributed by atoms with Crippen molar-refractivity contribution in [3.05, 3.63) is 65.2 Å². The number of nitrogens with two attached hydrogens (primary N) is 1. The van der Waals surface area contributed by atoms with E-state index < -0.39 is 0 Å². The maximum absolute atomic E-state index is 12.3. The first-order chi connectivity index (χ1) is 12.1. The topological polar surface area (TPSA) is 58.4 Å². The molecule has 0 radical (unpaired) electrons. The summed E-state index contributed by atoms with van der Waals surface area (Å²) in [6, 6.07) is 15.6. The first kappa shape index (κ1) is 20.4. The van der Waals surface area contributed by atoms with Gasteiger partial charge >= 0.3 is 0 Å². The number of hydrogen-bond donors (Lipinski definition) is 2. The van der Waals surface area contributed by atoms with Gasteiger partial charge in [0.25, 0.3) is 5.91 Å². The fourth-order valence-corrected chi connectivity index (χ4v) is 3.38. The Morgan fingerprint density at radius 3 is 2.38 bits per heavy atom. The maximum atomic E-state index is 12.3. The first-order valence-electron chi connectivity index (χ1n) is 9.05. The van der Waals surface area contributed by atoms with Crippen molar-refractivity contribution in [1.29, 1.82) is 0 Å². The Labute approximate surface area is 162 Å². The van der Waals surface area contributed by atoms with Gasteiger partial charge in [-0.05, 0) is 60.7 Å². The molecule has 1 aliphatic heterocycles. The average Bonchev–Trinajstić information content (AvgIpc) is 2.63. The third-order valence-corrected chi connectivity index (χ3v) is 4.81. The minimum absolute atomic E-state index is 0. The molecule has 1 saturated heterocycles. The smallest absolute Gasteiger partial charge is 0.255 e. The zero-order chi connectivity index (χ0) is 17.6. The monoisotopic (exact) mass is 373 g/mol. The Hall–Kier alpha value is -1.88. The molecular formula is C21H28ClN3O. The van der Waals surface area contributed by atoms with E-state index in [9.17, 15) is 4.79 Å². The molecule has 0 saturated carbocycles. The van der Waals surface area contributed by atoms with Gasteiger partial charge in [-0.25, -0.2) is 0 Å². The molecule has 3 rings (SSSR count). The molecule has 1 unspecified atom stereocenters. The van der Waals surface area contributed by atoms with E-state index >= 15 is 0 Å². The summed E-state index contributed by atoms with van der Waals surface area (Å²) >= 11 is 0. The second-order valence-electron chi connectivity index (χ2n) is 7.03. The number of amides is 1. The summed E-state index contributed by atoms with van der Waals surface area (Å²) in [6.07, 6.45) is 2.63. The normalized spacial score (nSPS) is 17.4. The van der Waals surface area contributed by atoms with E-state index in [4.69, 9.17) is 5.73 Å². The molecule has 0 spiro atoms. The van der Waals surface area contributed by atoms with Gasteiger partial charge in [0.05, 0.1) is 0 Å². The number of piperidine rings is 1. The van der Waals surface area contributed by atoms with Crippen LogP contribution in [0, 0.1) is 5.92 Å². The van der Waals surface area contributed by atoms with E-state index in [1.807, 2.05) is 36.4 Å². The Kier molecular flexibility index (Phi) is 7.64. The highest BCUT2D eigenvalue weighted by molar-refractivity contribution is 6.04. The molecule has 1 amide bonds. The number of benzene rings is 2. The van der Waals surface area contributed by atoms with E-state index in [2.05, 4.69) is 29.3 Å². The molecule has 26 heavy (non-hydrogen) atoms. The minimum Gasteiger partial charge on any atom is -0.326 e. The van der Waals surface area contributed by atoms with Gasteiger partial charge in [-0.15, -0.1) is 12.4 Å². The molecule has 5 heteroatoms. The Morgan fingerprint density at radius 1 is 1.12 bits per heavy atom. The molecule has 1 atom stereocenters. The largest absolute Gasteiger partial charge is 0.326 e. The number of carbonyl (C=O) groups excluding carboxylic acids is 1. The van der Waals surface area contributed by atoms with Gasteiger partial charge in [-0.3, -0.25) is 9.69 Å². The highest BCUT2D eigenvalue weighted by Crippen LogP contribution is 2.19. The van der Waals surface area contributed by atoms with Crippen molar-refractivity contribution in [3.8, 4) is 0 Å². The predicted molar refractivity (Wildman–Crippen MR) is 110 cm³/mol. The molecule has 3 N–H and O–H groups in total. The summed E-state index contributed by atoms with van der Waals surface area (Å²) in [7, 11) is 0. The average molecular weight is 374 g/mol. The maximum Gasteiger partial charge on any atom is 0.255 e. The zero-order valence-corrected chi connectivity index (χ0v) is 16.1. The summed E-state index contributed by atoms with van der Waals surface area (Å²) in [5, 5.41) is 2.95. The number of nitrogens with zero attached hydrogens (tertiary/aromatic N) is 1. The molecule has 1 fully saturated rings. The predicted octanol–water partition coefficient (Wildman–Crippen LogP) is 4.05. The van der Waals surface area contributed by atoms with Crippen molar-refractivity contribution in [2.24, 2.45) is 11.7 Å². The molecule has 0 aliphatic carbocycles. The van der Waals surface area contributed by atoms with Crippen LogP contribution in [0.4, 0.5) is 5.69 Å². The van der Waals surface area contributed by atoms with Crippen LogP contribution in [0.2, 0.25) is 0 Å². The summed E-state index contributed by atoms with van der Waals surface area (Å²) < 4.78 is 0. The van der Waals surface area contributed by atoms with Gasteiger partial charge in [0.1, 0.15) is 0 Å². The lowest BCUT2D eigenvalue weighted by Crippen LogP contribution is -2.33. The van der Waals surface area contributed by atoms with Crippen molar-refractivity contribution in [1.82, 2.24) is 4.90 Å². The second kappa shape index (κ2) is 9.72. The van der Waals surface area contributed by atoms with Crippen molar-refractivity contribution in [2.45, 2.75) is 32.9 Å². The quantitative estimate of drug-likeness (QED) is 0.831. The molecule has 4 nitrogen and oxygen atoms in total. The van der Waals surface area contributed by atoms with Gasteiger partial charge in [-0.2, -0.15) is 0 Å². The summed E-state index contributed by atoms with van der Waals surface area (Å²) in [5.41, 5.74) is 9.36. The van der Waals surface area contributed by atoms with Crippen LogP contribution >= 0.6 is 12.4 Å². The van der Waals surface area contributed by atoms with E-state index in [1.165, 1.54) is 31.5 Å². The number of rotatable bonds is 5. The SMILES string of the molecule is CC1CCCN(Cc2ccc(NC(=O)c3ccc(CN)cc3)cc2)C1.Cl. The van der Waals surface area contributed by atoms with Crippen molar-refractivity contribution >= 4 is 24.0 Å². The lowest BCUT2D eigenvalue weighted by atomic mass is 10.00.